The van der Waals surface area contributed by atoms with Gasteiger partial charge in [0.15, 0.2) is 0 Å². The van der Waals surface area contributed by atoms with Crippen LogP contribution >= 0.6 is 35.7 Å². The van der Waals surface area contributed by atoms with Gasteiger partial charge in [0.2, 0.25) is 5.91 Å². The van der Waals surface area contributed by atoms with Crippen molar-refractivity contribution in [3.05, 3.63) is 10.6 Å². The van der Waals surface area contributed by atoms with Crippen molar-refractivity contribution in [2.75, 3.05) is 13.1 Å². The van der Waals surface area contributed by atoms with Crippen LogP contribution in [0.5, 0.6) is 0 Å². The van der Waals surface area contributed by atoms with Crippen molar-refractivity contribution in [1.29, 1.82) is 0 Å². The number of thioether (sulfide) groups is 2. The molecule has 2 aliphatic heterocycles. The van der Waals surface area contributed by atoms with E-state index < -0.39 is 0 Å². The first kappa shape index (κ1) is 14.2. The molecular formula is C12H18N2OS3. The Balaban J connectivity index is 2.20. The van der Waals surface area contributed by atoms with E-state index >= 15 is 0 Å². The Hall–Kier alpha value is -0.200. The topological polar surface area (TPSA) is 23.6 Å². The maximum atomic E-state index is 12.4. The van der Waals surface area contributed by atoms with Crippen LogP contribution in [0, 0.1) is 0 Å². The molecule has 0 bridgehead atoms. The van der Waals surface area contributed by atoms with Crippen LogP contribution in [0.25, 0.3) is 0 Å². The van der Waals surface area contributed by atoms with E-state index in [4.69, 9.17) is 12.2 Å². The molecule has 100 valence electrons. The van der Waals surface area contributed by atoms with Gasteiger partial charge in [-0.3, -0.25) is 9.69 Å². The Morgan fingerprint density at radius 3 is 2.39 bits per heavy atom. The highest BCUT2D eigenvalue weighted by molar-refractivity contribution is 8.24. The summed E-state index contributed by atoms with van der Waals surface area (Å²) in [6, 6.07) is 0. The predicted molar refractivity (Wildman–Crippen MR) is 83.5 cm³/mol. The molecule has 18 heavy (non-hydrogen) atoms. The van der Waals surface area contributed by atoms with Gasteiger partial charge in [-0.1, -0.05) is 24.0 Å². The number of hydrogen-bond donors (Lipinski definition) is 0. The Bertz CT molecular complexity index is 422. The van der Waals surface area contributed by atoms with Gasteiger partial charge in [-0.15, -0.1) is 11.8 Å². The molecule has 6 heteroatoms. The monoisotopic (exact) mass is 302 g/mol. The van der Waals surface area contributed by atoms with Gasteiger partial charge >= 0.3 is 0 Å². The maximum Gasteiger partial charge on any atom is 0.244 e. The van der Waals surface area contributed by atoms with E-state index in [2.05, 4.69) is 25.7 Å². The minimum absolute atomic E-state index is 0.0604. The van der Waals surface area contributed by atoms with Crippen molar-refractivity contribution >= 4 is 46.0 Å². The molecule has 0 aromatic heterocycles. The third kappa shape index (κ3) is 2.18. The lowest BCUT2D eigenvalue weighted by Gasteiger charge is -2.29. The summed E-state index contributed by atoms with van der Waals surface area (Å²) < 4.78 is 0.728. The second kappa shape index (κ2) is 5.43. The third-order valence-electron chi connectivity index (χ3n) is 3.42. The van der Waals surface area contributed by atoms with Crippen molar-refractivity contribution in [3.8, 4) is 0 Å². The molecule has 1 fully saturated rings. The van der Waals surface area contributed by atoms with Gasteiger partial charge in [0.25, 0.3) is 0 Å². The fraction of sp³-hybridized carbons (Fsp3) is 0.667. The zero-order chi connectivity index (χ0) is 13.4. The fourth-order valence-electron chi connectivity index (χ4n) is 2.30. The van der Waals surface area contributed by atoms with Crippen LogP contribution in [-0.2, 0) is 4.79 Å². The Kier molecular flexibility index (Phi) is 4.29. The summed E-state index contributed by atoms with van der Waals surface area (Å²) in [5.74, 6) is 0.172. The molecule has 1 amide bonds. The quantitative estimate of drug-likeness (QED) is 0.746. The van der Waals surface area contributed by atoms with Crippen molar-refractivity contribution in [2.24, 2.45) is 0 Å². The van der Waals surface area contributed by atoms with Crippen molar-refractivity contribution < 1.29 is 4.79 Å². The van der Waals surface area contributed by atoms with E-state index in [1.807, 2.05) is 6.92 Å². The minimum atomic E-state index is -0.0604. The fourth-order valence-corrected chi connectivity index (χ4v) is 5.54. The van der Waals surface area contributed by atoms with Crippen LogP contribution in [0.3, 0.4) is 0 Å². The second-order valence-electron chi connectivity index (χ2n) is 4.32. The molecule has 2 aliphatic rings. The summed E-state index contributed by atoms with van der Waals surface area (Å²) >= 11 is 8.63. The first-order chi connectivity index (χ1) is 8.51. The summed E-state index contributed by atoms with van der Waals surface area (Å²) in [6.07, 6.45) is 0. The molecule has 2 heterocycles. The van der Waals surface area contributed by atoms with Crippen molar-refractivity contribution in [1.82, 2.24) is 9.80 Å². The summed E-state index contributed by atoms with van der Waals surface area (Å²) in [6.45, 7) is 9.98. The van der Waals surface area contributed by atoms with E-state index in [0.717, 1.165) is 10.9 Å². The highest BCUT2D eigenvalue weighted by Crippen LogP contribution is 2.44. The van der Waals surface area contributed by atoms with E-state index in [1.54, 1.807) is 28.4 Å². The van der Waals surface area contributed by atoms with Crippen LogP contribution in [0.4, 0.5) is 0 Å². The zero-order valence-electron chi connectivity index (χ0n) is 11.1. The molecule has 2 rings (SSSR count). The lowest BCUT2D eigenvalue weighted by molar-refractivity contribution is -0.126. The highest BCUT2D eigenvalue weighted by Gasteiger charge is 2.45. The summed E-state index contributed by atoms with van der Waals surface area (Å²) in [4.78, 5) is 17.7. The number of nitrogens with zero attached hydrogens (tertiary/aromatic N) is 2. The predicted octanol–water partition coefficient (Wildman–Crippen LogP) is 2.88. The van der Waals surface area contributed by atoms with Gasteiger partial charge in [-0.25, -0.2) is 0 Å². The van der Waals surface area contributed by atoms with Gasteiger partial charge in [0.05, 0.1) is 0 Å². The molecule has 2 atom stereocenters. The number of hydrogen-bond acceptors (Lipinski definition) is 5. The Morgan fingerprint density at radius 2 is 1.89 bits per heavy atom. The number of carbonyl (C=O) groups excluding carboxylic acids is 1. The summed E-state index contributed by atoms with van der Waals surface area (Å²) in [5, 5.41) is 0.136. The second-order valence-corrected chi connectivity index (χ2v) is 7.43. The number of allylic oxidation sites excluding steroid dienone is 2. The summed E-state index contributed by atoms with van der Waals surface area (Å²) in [5.41, 5.74) is 1.29. The average molecular weight is 302 g/mol. The standard InChI is InChI=1S/C12H18N2OS3/c1-5-13-7(3)8(4)17-11(13)9-10(15)14(6-2)12(16)18-9/h9,11H,5-6H2,1-4H3/t9-,11-/m0/s1. The van der Waals surface area contributed by atoms with Gasteiger partial charge < -0.3 is 4.90 Å². The molecule has 3 nitrogen and oxygen atoms in total. The molecule has 0 N–H and O–H groups in total. The van der Waals surface area contributed by atoms with Crippen LogP contribution in [0.2, 0.25) is 0 Å². The number of rotatable bonds is 3. The minimum Gasteiger partial charge on any atom is -0.361 e. The first-order valence-electron chi connectivity index (χ1n) is 6.14. The zero-order valence-corrected chi connectivity index (χ0v) is 13.5. The maximum absolute atomic E-state index is 12.4. The lowest BCUT2D eigenvalue weighted by Crippen LogP contribution is -2.41. The van der Waals surface area contributed by atoms with E-state index in [1.165, 1.54) is 10.6 Å². The smallest absolute Gasteiger partial charge is 0.244 e. The van der Waals surface area contributed by atoms with Gasteiger partial charge in [0.1, 0.15) is 14.9 Å². The number of thiocarbonyl (C=S) groups is 1. The van der Waals surface area contributed by atoms with Crippen LogP contribution in [0.15, 0.2) is 10.6 Å². The number of amides is 1. The molecule has 0 aromatic rings. The van der Waals surface area contributed by atoms with Crippen LogP contribution < -0.4 is 0 Å². The molecule has 1 saturated heterocycles. The molecule has 0 aromatic carbocycles. The summed E-state index contributed by atoms with van der Waals surface area (Å²) in [7, 11) is 0. The van der Waals surface area contributed by atoms with E-state index in [9.17, 15) is 4.79 Å². The molecule has 0 aliphatic carbocycles. The molecule has 0 unspecified atom stereocenters. The highest BCUT2D eigenvalue weighted by atomic mass is 32.2. The Labute approximate surface area is 122 Å². The van der Waals surface area contributed by atoms with Gasteiger partial charge in [-0.05, 0) is 27.7 Å². The lowest BCUT2D eigenvalue weighted by atomic mass is 10.3. The molecule has 0 radical (unpaired) electrons. The third-order valence-corrected chi connectivity index (χ3v) is 6.65. The van der Waals surface area contributed by atoms with E-state index in [-0.39, 0.29) is 16.5 Å². The normalized spacial score (nSPS) is 28.9. The van der Waals surface area contributed by atoms with E-state index in [0.29, 0.717) is 6.54 Å². The van der Waals surface area contributed by atoms with Gasteiger partial charge in [-0.2, -0.15) is 0 Å². The molecule has 0 saturated carbocycles. The average Bonchev–Trinajstić information content (AvgIpc) is 2.78. The van der Waals surface area contributed by atoms with Crippen molar-refractivity contribution in [3.63, 3.8) is 0 Å². The van der Waals surface area contributed by atoms with Crippen LogP contribution in [-0.4, -0.2) is 43.7 Å². The molecule has 0 spiro atoms. The van der Waals surface area contributed by atoms with Crippen LogP contribution in [0.1, 0.15) is 27.7 Å². The van der Waals surface area contributed by atoms with Gasteiger partial charge in [0, 0.05) is 23.7 Å². The Morgan fingerprint density at radius 1 is 1.22 bits per heavy atom. The molecular weight excluding hydrogens is 284 g/mol. The number of carbonyl (C=O) groups is 1. The first-order valence-corrected chi connectivity index (χ1v) is 8.30. The van der Waals surface area contributed by atoms with Crippen molar-refractivity contribution in [2.45, 2.75) is 38.3 Å². The largest absolute Gasteiger partial charge is 0.361 e. The SMILES string of the molecule is CCN1C(=O)[C@@H]([C@@H]2SC(C)=C(C)N2CC)SC1=S.